The van der Waals surface area contributed by atoms with Gasteiger partial charge in [0, 0.05) is 11.6 Å². The molecule has 1 aliphatic rings. The van der Waals surface area contributed by atoms with E-state index in [0.717, 1.165) is 24.2 Å². The first-order chi connectivity index (χ1) is 12.8. The third-order valence-electron chi connectivity index (χ3n) is 4.75. The Hall–Kier alpha value is -3.07. The zero-order chi connectivity index (χ0) is 17.8. The number of hydrogen-bond donors (Lipinski definition) is 1. The lowest BCUT2D eigenvalue weighted by Gasteiger charge is -2.12. The number of nitrogens with one attached hydrogen (secondary N) is 1. The third-order valence-corrected chi connectivity index (χ3v) is 4.75. The van der Waals surface area contributed by atoms with Gasteiger partial charge in [-0.2, -0.15) is 0 Å². The normalized spacial score (nSPS) is 13.2. The average molecular weight is 343 g/mol. The summed E-state index contributed by atoms with van der Waals surface area (Å²) in [6, 6.07) is 25.9. The van der Waals surface area contributed by atoms with Crippen LogP contribution >= 0.6 is 0 Å². The molecule has 0 atom stereocenters. The Bertz CT molecular complexity index is 863. The molecular weight excluding hydrogens is 322 g/mol. The zero-order valence-electron chi connectivity index (χ0n) is 14.5. The van der Waals surface area contributed by atoms with Crippen LogP contribution in [0.1, 0.15) is 27.0 Å². The van der Waals surface area contributed by atoms with Crippen molar-refractivity contribution in [2.75, 3.05) is 0 Å². The highest BCUT2D eigenvalue weighted by Gasteiger charge is 2.22. The maximum Gasteiger partial charge on any atom is 0.251 e. The van der Waals surface area contributed by atoms with Crippen LogP contribution in [0.15, 0.2) is 78.9 Å². The molecule has 0 heterocycles. The van der Waals surface area contributed by atoms with Crippen LogP contribution in [0.25, 0.3) is 0 Å². The van der Waals surface area contributed by atoms with Gasteiger partial charge in [0.2, 0.25) is 0 Å². The Labute approximate surface area is 153 Å². The fourth-order valence-electron chi connectivity index (χ4n) is 3.37. The highest BCUT2D eigenvalue weighted by atomic mass is 16.5. The monoisotopic (exact) mass is 343 g/mol. The fraction of sp³-hybridized carbons (Fsp3) is 0.174. The molecule has 0 radical (unpaired) electrons. The summed E-state index contributed by atoms with van der Waals surface area (Å²) in [5.74, 6) is 0.732. The molecule has 3 nitrogen and oxygen atoms in total. The number of carbonyl (C=O) groups is 1. The van der Waals surface area contributed by atoms with E-state index in [2.05, 4.69) is 29.6 Å². The quantitative estimate of drug-likeness (QED) is 0.755. The van der Waals surface area contributed by atoms with Crippen LogP contribution in [0, 0.1) is 0 Å². The topological polar surface area (TPSA) is 38.3 Å². The molecule has 0 spiro atoms. The first-order valence-corrected chi connectivity index (χ1v) is 8.92. The Balaban J connectivity index is 1.33. The van der Waals surface area contributed by atoms with Crippen LogP contribution < -0.4 is 10.1 Å². The molecule has 0 unspecified atom stereocenters. The van der Waals surface area contributed by atoms with Crippen molar-refractivity contribution in [1.82, 2.24) is 5.32 Å². The lowest BCUT2D eigenvalue weighted by Crippen LogP contribution is -2.35. The van der Waals surface area contributed by atoms with Gasteiger partial charge >= 0.3 is 0 Å². The zero-order valence-corrected chi connectivity index (χ0v) is 14.5. The van der Waals surface area contributed by atoms with Crippen molar-refractivity contribution < 1.29 is 9.53 Å². The molecule has 0 aliphatic heterocycles. The summed E-state index contributed by atoms with van der Waals surface area (Å²) in [6.07, 6.45) is 1.81. The van der Waals surface area contributed by atoms with Crippen molar-refractivity contribution in [3.8, 4) is 5.75 Å². The van der Waals surface area contributed by atoms with E-state index in [1.54, 1.807) is 0 Å². The minimum Gasteiger partial charge on any atom is -0.489 e. The minimum absolute atomic E-state index is 0.0302. The van der Waals surface area contributed by atoms with Crippen LogP contribution in [0.2, 0.25) is 0 Å². The molecule has 3 aromatic carbocycles. The van der Waals surface area contributed by atoms with Crippen molar-refractivity contribution in [2.24, 2.45) is 0 Å². The average Bonchev–Trinajstić information content (AvgIpc) is 3.10. The van der Waals surface area contributed by atoms with Gasteiger partial charge < -0.3 is 10.1 Å². The molecule has 1 aliphatic carbocycles. The number of carbonyl (C=O) groups excluding carboxylic acids is 1. The van der Waals surface area contributed by atoms with Crippen LogP contribution in [-0.2, 0) is 19.4 Å². The number of benzene rings is 3. The van der Waals surface area contributed by atoms with Gasteiger partial charge in [-0.15, -0.1) is 0 Å². The molecule has 130 valence electrons. The van der Waals surface area contributed by atoms with Gasteiger partial charge in [0.1, 0.15) is 12.4 Å². The molecule has 0 bridgehead atoms. The second-order valence-electron chi connectivity index (χ2n) is 6.65. The number of amides is 1. The van der Waals surface area contributed by atoms with E-state index in [-0.39, 0.29) is 11.9 Å². The molecule has 1 amide bonds. The van der Waals surface area contributed by atoms with Gasteiger partial charge in [0.25, 0.3) is 5.91 Å². The second kappa shape index (κ2) is 7.44. The number of hydrogen-bond acceptors (Lipinski definition) is 2. The molecule has 0 saturated heterocycles. The van der Waals surface area contributed by atoms with Gasteiger partial charge in [-0.3, -0.25) is 4.79 Å². The third kappa shape index (κ3) is 3.77. The largest absolute Gasteiger partial charge is 0.489 e. The molecule has 3 aromatic rings. The summed E-state index contributed by atoms with van der Waals surface area (Å²) in [4.78, 5) is 12.5. The van der Waals surface area contributed by atoms with E-state index in [4.69, 9.17) is 4.74 Å². The number of fused-ring (bicyclic) bond motifs is 1. The Morgan fingerprint density at radius 2 is 1.46 bits per heavy atom. The molecule has 26 heavy (non-hydrogen) atoms. The maximum absolute atomic E-state index is 12.5. The molecule has 0 aromatic heterocycles. The van der Waals surface area contributed by atoms with E-state index in [9.17, 15) is 4.79 Å². The van der Waals surface area contributed by atoms with Crippen molar-refractivity contribution in [2.45, 2.75) is 25.5 Å². The second-order valence-corrected chi connectivity index (χ2v) is 6.65. The van der Waals surface area contributed by atoms with Crippen molar-refractivity contribution in [1.29, 1.82) is 0 Å². The van der Waals surface area contributed by atoms with Crippen LogP contribution in [-0.4, -0.2) is 11.9 Å². The van der Waals surface area contributed by atoms with E-state index in [1.165, 1.54) is 11.1 Å². The number of ether oxygens (including phenoxy) is 1. The maximum atomic E-state index is 12.5. The molecule has 0 fully saturated rings. The van der Waals surface area contributed by atoms with Gasteiger partial charge in [0.15, 0.2) is 0 Å². The van der Waals surface area contributed by atoms with E-state index in [0.29, 0.717) is 12.2 Å². The van der Waals surface area contributed by atoms with Crippen molar-refractivity contribution in [3.63, 3.8) is 0 Å². The Morgan fingerprint density at radius 3 is 2.12 bits per heavy atom. The van der Waals surface area contributed by atoms with Gasteiger partial charge in [-0.1, -0.05) is 54.6 Å². The molecule has 1 N–H and O–H groups in total. The Kier molecular flexibility index (Phi) is 4.69. The van der Waals surface area contributed by atoms with Crippen molar-refractivity contribution in [3.05, 3.63) is 101 Å². The summed E-state index contributed by atoms with van der Waals surface area (Å²) in [6.45, 7) is 0.521. The number of rotatable bonds is 5. The highest BCUT2D eigenvalue weighted by molar-refractivity contribution is 5.94. The van der Waals surface area contributed by atoms with E-state index in [1.807, 2.05) is 54.6 Å². The first-order valence-electron chi connectivity index (χ1n) is 8.92. The van der Waals surface area contributed by atoms with Crippen LogP contribution in [0.3, 0.4) is 0 Å². The van der Waals surface area contributed by atoms with Crippen LogP contribution in [0.5, 0.6) is 5.75 Å². The lowest BCUT2D eigenvalue weighted by atomic mass is 10.1. The van der Waals surface area contributed by atoms with Gasteiger partial charge in [-0.05, 0) is 53.8 Å². The molecule has 4 rings (SSSR count). The van der Waals surface area contributed by atoms with Gasteiger partial charge in [0.05, 0.1) is 0 Å². The predicted molar refractivity (Wildman–Crippen MR) is 102 cm³/mol. The standard InChI is InChI=1S/C23H21NO2/c25-23(24-21-14-19-8-4-5-9-20(19)15-21)18-10-12-22(13-11-18)26-16-17-6-2-1-3-7-17/h1-13,21H,14-16H2,(H,24,25). The molecule has 3 heteroatoms. The highest BCUT2D eigenvalue weighted by Crippen LogP contribution is 2.22. The molecule has 0 saturated carbocycles. The summed E-state index contributed by atoms with van der Waals surface area (Å²) in [5, 5.41) is 3.14. The smallest absolute Gasteiger partial charge is 0.251 e. The predicted octanol–water partition coefficient (Wildman–Crippen LogP) is 4.16. The fourth-order valence-corrected chi connectivity index (χ4v) is 3.37. The van der Waals surface area contributed by atoms with Crippen LogP contribution in [0.4, 0.5) is 0 Å². The summed E-state index contributed by atoms with van der Waals surface area (Å²) in [7, 11) is 0. The molecular formula is C23H21NO2. The van der Waals surface area contributed by atoms with E-state index >= 15 is 0 Å². The Morgan fingerprint density at radius 1 is 0.846 bits per heavy atom. The SMILES string of the molecule is O=C(NC1Cc2ccccc2C1)c1ccc(OCc2ccccc2)cc1. The van der Waals surface area contributed by atoms with Crippen molar-refractivity contribution >= 4 is 5.91 Å². The van der Waals surface area contributed by atoms with Gasteiger partial charge in [-0.25, -0.2) is 0 Å². The first kappa shape index (κ1) is 16.4. The summed E-state index contributed by atoms with van der Waals surface area (Å²) < 4.78 is 5.77. The summed E-state index contributed by atoms with van der Waals surface area (Å²) >= 11 is 0. The lowest BCUT2D eigenvalue weighted by molar-refractivity contribution is 0.0938. The van der Waals surface area contributed by atoms with E-state index < -0.39 is 0 Å². The minimum atomic E-state index is -0.0302. The summed E-state index contributed by atoms with van der Waals surface area (Å²) in [5.41, 5.74) is 4.45.